The second-order valence-corrected chi connectivity index (χ2v) is 9.33. The van der Waals surface area contributed by atoms with Gasteiger partial charge in [0.15, 0.2) is 0 Å². The Bertz CT molecular complexity index is 717. The molecule has 1 aromatic rings. The highest BCUT2D eigenvalue weighted by atomic mass is 32.2. The van der Waals surface area contributed by atoms with Crippen molar-refractivity contribution in [3.05, 3.63) is 18.0 Å². The van der Waals surface area contributed by atoms with E-state index in [2.05, 4.69) is 10.6 Å². The van der Waals surface area contributed by atoms with Crippen LogP contribution in [-0.4, -0.2) is 55.9 Å². The summed E-state index contributed by atoms with van der Waals surface area (Å²) in [7, 11) is -1.79. The Morgan fingerprint density at radius 3 is 2.73 bits per heavy atom. The number of hydrogen-bond acceptors (Lipinski definition) is 4. The summed E-state index contributed by atoms with van der Waals surface area (Å²) in [5.74, 6) is 0.392. The van der Waals surface area contributed by atoms with Crippen LogP contribution >= 0.6 is 0 Å². The number of carbonyl (C=O) groups excluding carboxylic acids is 1. The van der Waals surface area contributed by atoms with Crippen LogP contribution < -0.4 is 10.6 Å². The number of nitrogens with zero attached hydrogens (tertiary/aromatic N) is 2. The highest BCUT2D eigenvalue weighted by Crippen LogP contribution is 2.22. The van der Waals surface area contributed by atoms with E-state index < -0.39 is 10.0 Å². The second kappa shape index (κ2) is 8.54. The van der Waals surface area contributed by atoms with Crippen LogP contribution in [0, 0.1) is 5.92 Å². The molecule has 8 heteroatoms. The summed E-state index contributed by atoms with van der Waals surface area (Å²) in [6, 6.07) is 1.50. The maximum atomic E-state index is 12.8. The van der Waals surface area contributed by atoms with Gasteiger partial charge in [-0.15, -0.1) is 0 Å². The largest absolute Gasteiger partial charge is 0.351 e. The maximum Gasteiger partial charge on any atom is 0.267 e. The van der Waals surface area contributed by atoms with E-state index in [4.69, 9.17) is 0 Å². The predicted octanol–water partition coefficient (Wildman–Crippen LogP) is 1.32. The molecule has 0 radical (unpaired) electrons. The van der Waals surface area contributed by atoms with Crippen LogP contribution in [0.5, 0.6) is 0 Å². The molecular formula is C18H30N4O3S. The lowest BCUT2D eigenvalue weighted by atomic mass is 9.96. The van der Waals surface area contributed by atoms with Crippen LogP contribution in [0.15, 0.2) is 17.2 Å². The fraction of sp³-hybridized carbons (Fsp3) is 0.722. The number of aromatic nitrogens is 1. The molecule has 0 aliphatic carbocycles. The van der Waals surface area contributed by atoms with E-state index >= 15 is 0 Å². The van der Waals surface area contributed by atoms with E-state index in [0.29, 0.717) is 31.2 Å². The number of carbonyl (C=O) groups is 1. The number of amides is 1. The van der Waals surface area contributed by atoms with Crippen LogP contribution in [0.2, 0.25) is 0 Å². The Hall–Kier alpha value is -1.38. The SMILES string of the molecule is Cn1cc(S(=O)(=O)N2CCCCC2)cc1C(=O)NCCC1CCCNC1. The molecule has 26 heavy (non-hydrogen) atoms. The third-order valence-corrected chi connectivity index (χ3v) is 7.27. The van der Waals surface area contributed by atoms with Gasteiger partial charge in [0.05, 0.1) is 0 Å². The zero-order chi connectivity index (χ0) is 18.6. The van der Waals surface area contributed by atoms with Gasteiger partial charge < -0.3 is 15.2 Å². The standard InChI is InChI=1S/C18H30N4O3S/c1-21-14-16(26(24,25)22-10-3-2-4-11-22)12-17(21)18(23)20-9-7-15-6-5-8-19-13-15/h12,14-15,19H,2-11,13H2,1H3,(H,20,23). The molecule has 2 aliphatic heterocycles. The quantitative estimate of drug-likeness (QED) is 0.777. The summed E-state index contributed by atoms with van der Waals surface area (Å²) in [6.07, 6.45) is 7.75. The molecule has 0 bridgehead atoms. The van der Waals surface area contributed by atoms with Gasteiger partial charge in [-0.3, -0.25) is 4.79 Å². The zero-order valence-electron chi connectivity index (χ0n) is 15.5. The molecule has 2 fully saturated rings. The smallest absolute Gasteiger partial charge is 0.267 e. The highest BCUT2D eigenvalue weighted by molar-refractivity contribution is 7.89. The van der Waals surface area contributed by atoms with Crippen molar-refractivity contribution in [1.29, 1.82) is 0 Å². The van der Waals surface area contributed by atoms with Gasteiger partial charge >= 0.3 is 0 Å². The first-order valence-corrected chi connectivity index (χ1v) is 11.1. The van der Waals surface area contributed by atoms with Crippen molar-refractivity contribution in [2.24, 2.45) is 13.0 Å². The van der Waals surface area contributed by atoms with Gasteiger partial charge in [-0.25, -0.2) is 8.42 Å². The van der Waals surface area contributed by atoms with Gasteiger partial charge in [0, 0.05) is 32.9 Å². The summed E-state index contributed by atoms with van der Waals surface area (Å²) in [6.45, 7) is 3.84. The number of hydrogen-bond donors (Lipinski definition) is 2. The fourth-order valence-corrected chi connectivity index (χ4v) is 5.40. The summed E-state index contributed by atoms with van der Waals surface area (Å²) < 4.78 is 28.7. The molecule has 3 rings (SSSR count). The molecule has 2 N–H and O–H groups in total. The molecule has 1 aromatic heterocycles. The lowest BCUT2D eigenvalue weighted by Crippen LogP contribution is -2.35. The minimum absolute atomic E-state index is 0.212. The summed E-state index contributed by atoms with van der Waals surface area (Å²) in [5.41, 5.74) is 0.391. The van der Waals surface area contributed by atoms with Crippen LogP contribution in [0.3, 0.4) is 0 Å². The van der Waals surface area contributed by atoms with Gasteiger partial charge in [-0.05, 0) is 57.2 Å². The lowest BCUT2D eigenvalue weighted by Gasteiger charge is -2.25. The van der Waals surface area contributed by atoms with Gasteiger partial charge in [0.25, 0.3) is 5.91 Å². The minimum atomic E-state index is -3.51. The molecule has 0 spiro atoms. The molecule has 146 valence electrons. The monoisotopic (exact) mass is 382 g/mol. The van der Waals surface area contributed by atoms with Crippen molar-refractivity contribution >= 4 is 15.9 Å². The molecule has 0 saturated carbocycles. The topological polar surface area (TPSA) is 83.4 Å². The fourth-order valence-electron chi connectivity index (χ4n) is 3.81. The molecule has 0 aromatic carbocycles. The summed E-state index contributed by atoms with van der Waals surface area (Å²) >= 11 is 0. The molecule has 7 nitrogen and oxygen atoms in total. The predicted molar refractivity (Wildman–Crippen MR) is 101 cm³/mol. The number of rotatable bonds is 6. The Kier molecular flexibility index (Phi) is 6.37. The number of sulfonamides is 1. The Balaban J connectivity index is 1.60. The van der Waals surface area contributed by atoms with Gasteiger partial charge in [-0.2, -0.15) is 4.31 Å². The van der Waals surface area contributed by atoms with Crippen LogP contribution in [0.25, 0.3) is 0 Å². The second-order valence-electron chi connectivity index (χ2n) is 7.39. The summed E-state index contributed by atoms with van der Waals surface area (Å²) in [5, 5.41) is 6.31. The third kappa shape index (κ3) is 4.47. The number of aryl methyl sites for hydroxylation is 1. The van der Waals surface area contributed by atoms with Crippen molar-refractivity contribution in [1.82, 2.24) is 19.5 Å². The average molecular weight is 383 g/mol. The van der Waals surface area contributed by atoms with Gasteiger partial charge in [-0.1, -0.05) is 6.42 Å². The van der Waals surface area contributed by atoms with E-state index in [1.54, 1.807) is 17.8 Å². The zero-order valence-corrected chi connectivity index (χ0v) is 16.4. The molecule has 3 heterocycles. The normalized spacial score (nSPS) is 22.3. The minimum Gasteiger partial charge on any atom is -0.351 e. The van der Waals surface area contributed by atoms with E-state index in [1.165, 1.54) is 23.2 Å². The number of nitrogens with one attached hydrogen (secondary N) is 2. The Labute approximate surface area is 156 Å². The van der Waals surface area contributed by atoms with Crippen molar-refractivity contribution in [3.8, 4) is 0 Å². The molecule has 2 aliphatic rings. The lowest BCUT2D eigenvalue weighted by molar-refractivity contribution is 0.0942. The van der Waals surface area contributed by atoms with E-state index in [0.717, 1.165) is 38.8 Å². The van der Waals surface area contributed by atoms with Crippen LogP contribution in [0.4, 0.5) is 0 Å². The van der Waals surface area contributed by atoms with Gasteiger partial charge in [0.1, 0.15) is 10.6 Å². The van der Waals surface area contributed by atoms with Crippen LogP contribution in [-0.2, 0) is 17.1 Å². The van der Waals surface area contributed by atoms with E-state index in [9.17, 15) is 13.2 Å². The number of piperidine rings is 2. The van der Waals surface area contributed by atoms with E-state index in [1.807, 2.05) is 0 Å². The van der Waals surface area contributed by atoms with Crippen molar-refractivity contribution in [3.63, 3.8) is 0 Å². The molecule has 1 unspecified atom stereocenters. The first kappa shape index (κ1) is 19.4. The molecule has 1 amide bonds. The van der Waals surface area contributed by atoms with Crippen LogP contribution in [0.1, 0.15) is 49.0 Å². The van der Waals surface area contributed by atoms with Crippen molar-refractivity contribution in [2.75, 3.05) is 32.7 Å². The highest BCUT2D eigenvalue weighted by Gasteiger charge is 2.28. The first-order valence-electron chi connectivity index (χ1n) is 9.64. The first-order chi connectivity index (χ1) is 12.5. The van der Waals surface area contributed by atoms with Gasteiger partial charge in [0.2, 0.25) is 10.0 Å². The Morgan fingerprint density at radius 2 is 2.04 bits per heavy atom. The molecular weight excluding hydrogens is 352 g/mol. The van der Waals surface area contributed by atoms with E-state index in [-0.39, 0.29) is 10.8 Å². The molecule has 1 atom stereocenters. The molecule has 2 saturated heterocycles. The average Bonchev–Trinajstić information content (AvgIpc) is 3.06. The van der Waals surface area contributed by atoms with Crippen molar-refractivity contribution < 1.29 is 13.2 Å². The third-order valence-electron chi connectivity index (χ3n) is 5.40. The maximum absolute atomic E-state index is 12.8. The summed E-state index contributed by atoms with van der Waals surface area (Å²) in [4.78, 5) is 12.7. The Morgan fingerprint density at radius 1 is 1.27 bits per heavy atom. The van der Waals surface area contributed by atoms with Crippen molar-refractivity contribution in [2.45, 2.75) is 43.4 Å².